The molecule has 1 amide bonds. The first kappa shape index (κ1) is 19.3. The van der Waals surface area contributed by atoms with E-state index in [9.17, 15) is 22.8 Å². The first-order valence-electron chi connectivity index (χ1n) is 7.50. The van der Waals surface area contributed by atoms with Crippen LogP contribution in [0.1, 0.15) is 29.0 Å². The second-order valence-corrected chi connectivity index (χ2v) is 5.66. The molecule has 0 radical (unpaired) electrons. The standard InChI is InChI=1S/C16H17F3N4O3/c1-9(10-4-6-11(7-5-10)26-16(17,18)19)20-14(25)12-8-13(24)22-15(21-12)23(2)3/h4-9H,1-3H3,(H,20,25)(H,21,22,24). The Morgan fingerprint density at radius 2 is 1.88 bits per heavy atom. The highest BCUT2D eigenvalue weighted by Crippen LogP contribution is 2.24. The first-order chi connectivity index (χ1) is 12.0. The number of aromatic nitrogens is 2. The van der Waals surface area contributed by atoms with Crippen molar-refractivity contribution in [1.82, 2.24) is 15.3 Å². The Hall–Kier alpha value is -3.04. The summed E-state index contributed by atoms with van der Waals surface area (Å²) < 4.78 is 40.3. The predicted octanol–water partition coefficient (Wildman–Crippen LogP) is 2.23. The van der Waals surface area contributed by atoms with Gasteiger partial charge in [-0.3, -0.25) is 14.6 Å². The van der Waals surface area contributed by atoms with Gasteiger partial charge in [0.15, 0.2) is 0 Å². The van der Waals surface area contributed by atoms with Gasteiger partial charge in [0.25, 0.3) is 11.5 Å². The molecule has 1 aromatic carbocycles. The van der Waals surface area contributed by atoms with Gasteiger partial charge in [-0.25, -0.2) is 4.98 Å². The fraction of sp³-hybridized carbons (Fsp3) is 0.312. The number of halogens is 3. The van der Waals surface area contributed by atoms with Crippen LogP contribution in [0.25, 0.3) is 0 Å². The number of nitrogens with zero attached hydrogens (tertiary/aromatic N) is 2. The molecule has 0 aliphatic rings. The van der Waals surface area contributed by atoms with Crippen LogP contribution in [0.5, 0.6) is 5.75 Å². The molecule has 1 heterocycles. The molecule has 140 valence electrons. The largest absolute Gasteiger partial charge is 0.573 e. The summed E-state index contributed by atoms with van der Waals surface area (Å²) in [6.07, 6.45) is -4.77. The van der Waals surface area contributed by atoms with Crippen LogP contribution in [0.3, 0.4) is 0 Å². The summed E-state index contributed by atoms with van der Waals surface area (Å²) in [5, 5.41) is 2.64. The van der Waals surface area contributed by atoms with Crippen LogP contribution in [0.4, 0.5) is 19.1 Å². The molecule has 0 saturated carbocycles. The first-order valence-corrected chi connectivity index (χ1v) is 7.50. The van der Waals surface area contributed by atoms with E-state index in [0.717, 1.165) is 18.2 Å². The molecule has 2 aromatic rings. The Bertz CT molecular complexity index is 832. The van der Waals surface area contributed by atoms with Gasteiger partial charge in [0, 0.05) is 20.2 Å². The van der Waals surface area contributed by atoms with Crippen LogP contribution in [0, 0.1) is 0 Å². The maximum atomic E-state index is 12.3. The van der Waals surface area contributed by atoms with Gasteiger partial charge < -0.3 is 15.0 Å². The molecule has 0 saturated heterocycles. The minimum atomic E-state index is -4.77. The third kappa shape index (κ3) is 5.23. The third-order valence-electron chi connectivity index (χ3n) is 3.35. The van der Waals surface area contributed by atoms with Gasteiger partial charge in [-0.05, 0) is 24.6 Å². The second kappa shape index (κ2) is 7.46. The van der Waals surface area contributed by atoms with Crippen molar-refractivity contribution in [3.8, 4) is 5.75 Å². The number of amides is 1. The van der Waals surface area contributed by atoms with E-state index in [-0.39, 0.29) is 17.4 Å². The van der Waals surface area contributed by atoms with Gasteiger partial charge in [0.1, 0.15) is 11.4 Å². The molecular formula is C16H17F3N4O3. The third-order valence-corrected chi connectivity index (χ3v) is 3.35. The van der Waals surface area contributed by atoms with Crippen LogP contribution in [-0.4, -0.2) is 36.3 Å². The van der Waals surface area contributed by atoms with E-state index in [1.807, 2.05) is 0 Å². The SMILES string of the molecule is CC(NC(=O)c1cc(=O)[nH]c(N(C)C)n1)c1ccc(OC(F)(F)F)cc1. The lowest BCUT2D eigenvalue weighted by atomic mass is 10.1. The van der Waals surface area contributed by atoms with Gasteiger partial charge in [0.05, 0.1) is 6.04 Å². The highest BCUT2D eigenvalue weighted by molar-refractivity contribution is 5.92. The van der Waals surface area contributed by atoms with Gasteiger partial charge in [-0.2, -0.15) is 0 Å². The Labute approximate surface area is 146 Å². The van der Waals surface area contributed by atoms with E-state index in [4.69, 9.17) is 0 Å². The number of carbonyl (C=O) groups is 1. The van der Waals surface area contributed by atoms with Crippen molar-refractivity contribution in [3.05, 3.63) is 51.9 Å². The highest BCUT2D eigenvalue weighted by Gasteiger charge is 2.31. The van der Waals surface area contributed by atoms with Crippen molar-refractivity contribution >= 4 is 11.9 Å². The molecule has 0 aliphatic heterocycles. The van der Waals surface area contributed by atoms with Crippen molar-refractivity contribution < 1.29 is 22.7 Å². The molecule has 0 fully saturated rings. The summed E-state index contributed by atoms with van der Waals surface area (Å²) in [5.74, 6) is -0.710. The number of nitrogens with one attached hydrogen (secondary N) is 2. The maximum Gasteiger partial charge on any atom is 0.573 e. The summed E-state index contributed by atoms with van der Waals surface area (Å²) in [6, 6.07) is 5.66. The van der Waals surface area contributed by atoms with Crippen LogP contribution in [0.2, 0.25) is 0 Å². The topological polar surface area (TPSA) is 87.3 Å². The average Bonchev–Trinajstić information content (AvgIpc) is 2.53. The van der Waals surface area contributed by atoms with Gasteiger partial charge >= 0.3 is 6.36 Å². The number of aromatic amines is 1. The van der Waals surface area contributed by atoms with Crippen LogP contribution >= 0.6 is 0 Å². The number of H-pyrrole nitrogens is 1. The van der Waals surface area contributed by atoms with E-state index in [0.29, 0.717) is 5.56 Å². The second-order valence-electron chi connectivity index (χ2n) is 5.66. The number of anilines is 1. The van der Waals surface area contributed by atoms with E-state index in [1.165, 1.54) is 12.1 Å². The van der Waals surface area contributed by atoms with Gasteiger partial charge in [-0.15, -0.1) is 13.2 Å². The molecule has 1 atom stereocenters. The lowest BCUT2D eigenvalue weighted by molar-refractivity contribution is -0.274. The predicted molar refractivity (Wildman–Crippen MR) is 88.2 cm³/mol. The normalized spacial score (nSPS) is 12.4. The van der Waals surface area contributed by atoms with Gasteiger partial charge in [0.2, 0.25) is 5.95 Å². The molecule has 1 aromatic heterocycles. The molecule has 10 heteroatoms. The smallest absolute Gasteiger partial charge is 0.406 e. The van der Waals surface area contributed by atoms with E-state index < -0.39 is 23.9 Å². The number of alkyl halides is 3. The molecule has 26 heavy (non-hydrogen) atoms. The number of benzene rings is 1. The summed E-state index contributed by atoms with van der Waals surface area (Å²) in [4.78, 5) is 32.0. The zero-order valence-electron chi connectivity index (χ0n) is 14.2. The summed E-state index contributed by atoms with van der Waals surface area (Å²) in [7, 11) is 3.32. The zero-order chi connectivity index (χ0) is 19.5. The molecule has 2 N–H and O–H groups in total. The minimum absolute atomic E-state index is 0.0682. The summed E-state index contributed by atoms with van der Waals surface area (Å²) in [6.45, 7) is 1.65. The Kier molecular flexibility index (Phi) is 5.53. The minimum Gasteiger partial charge on any atom is -0.406 e. The van der Waals surface area contributed by atoms with Crippen molar-refractivity contribution in [3.63, 3.8) is 0 Å². The number of rotatable bonds is 5. The number of hydrogen-bond donors (Lipinski definition) is 2. The van der Waals surface area contributed by atoms with Crippen LogP contribution < -0.4 is 20.5 Å². The van der Waals surface area contributed by atoms with Gasteiger partial charge in [-0.1, -0.05) is 12.1 Å². The Morgan fingerprint density at radius 1 is 1.27 bits per heavy atom. The molecule has 7 nitrogen and oxygen atoms in total. The number of carbonyl (C=O) groups excluding carboxylic acids is 1. The fourth-order valence-corrected chi connectivity index (χ4v) is 2.08. The van der Waals surface area contributed by atoms with E-state index in [1.54, 1.807) is 25.9 Å². The molecule has 0 bridgehead atoms. The van der Waals surface area contributed by atoms with Crippen LogP contribution in [-0.2, 0) is 0 Å². The van der Waals surface area contributed by atoms with Crippen molar-refractivity contribution in [2.24, 2.45) is 0 Å². The number of hydrogen-bond acceptors (Lipinski definition) is 5. The molecule has 1 unspecified atom stereocenters. The fourth-order valence-electron chi connectivity index (χ4n) is 2.08. The Morgan fingerprint density at radius 3 is 2.42 bits per heavy atom. The number of ether oxygens (including phenoxy) is 1. The highest BCUT2D eigenvalue weighted by atomic mass is 19.4. The zero-order valence-corrected chi connectivity index (χ0v) is 14.2. The molecule has 0 aliphatic carbocycles. The van der Waals surface area contributed by atoms with Crippen LogP contribution in [0.15, 0.2) is 35.1 Å². The summed E-state index contributed by atoms with van der Waals surface area (Å²) in [5.41, 5.74) is 0.0158. The Balaban J connectivity index is 2.11. The molecule has 2 rings (SSSR count). The maximum absolute atomic E-state index is 12.3. The monoisotopic (exact) mass is 370 g/mol. The average molecular weight is 370 g/mol. The lowest BCUT2D eigenvalue weighted by Crippen LogP contribution is -2.30. The van der Waals surface area contributed by atoms with E-state index >= 15 is 0 Å². The van der Waals surface area contributed by atoms with Crippen molar-refractivity contribution in [1.29, 1.82) is 0 Å². The molecular weight excluding hydrogens is 353 g/mol. The van der Waals surface area contributed by atoms with E-state index in [2.05, 4.69) is 20.0 Å². The molecule has 0 spiro atoms. The quantitative estimate of drug-likeness (QED) is 0.843. The summed E-state index contributed by atoms with van der Waals surface area (Å²) >= 11 is 0. The van der Waals surface area contributed by atoms with Crippen molar-refractivity contribution in [2.75, 3.05) is 19.0 Å². The van der Waals surface area contributed by atoms with Crippen molar-refractivity contribution in [2.45, 2.75) is 19.3 Å². The lowest BCUT2D eigenvalue weighted by Gasteiger charge is -2.16.